The van der Waals surface area contributed by atoms with Gasteiger partial charge in [-0.3, -0.25) is 19.7 Å². The van der Waals surface area contributed by atoms with Gasteiger partial charge >= 0.3 is 45.9 Å². The average molecular weight is 333 g/mol. The zero-order valence-electron chi connectivity index (χ0n) is 12.5. The van der Waals surface area contributed by atoms with Crippen LogP contribution in [0, 0.1) is 6.58 Å². The van der Waals surface area contributed by atoms with Crippen LogP contribution in [0.4, 0.5) is 0 Å². The molecule has 0 aromatic carbocycles. The number of amides is 1. The third-order valence-electron chi connectivity index (χ3n) is 1.49. The van der Waals surface area contributed by atoms with E-state index < -0.39 is 16.4 Å². The van der Waals surface area contributed by atoms with Crippen LogP contribution in [0.3, 0.4) is 0 Å². The minimum Gasteiger partial charge on any atom is -0.521 e. The smallest absolute Gasteiger partial charge is 0.521 e. The van der Waals surface area contributed by atoms with Crippen molar-refractivity contribution in [2.75, 3.05) is 20.8 Å². The molecule has 0 atom stereocenters. The Morgan fingerprint density at radius 3 is 1.81 bits per heavy atom. The molecule has 1 aliphatic heterocycles. The first kappa shape index (κ1) is 28.5. The van der Waals surface area contributed by atoms with E-state index >= 15 is 0 Å². The Hall–Kier alpha value is -0.710. The largest absolute Gasteiger partial charge is 1.00 e. The van der Waals surface area contributed by atoms with Crippen LogP contribution in [0.5, 0.6) is 0 Å². The van der Waals surface area contributed by atoms with Gasteiger partial charge in [0.1, 0.15) is 0 Å². The first-order chi connectivity index (χ1) is 9.29. The Balaban J connectivity index is -0.0000000962. The Bertz CT molecular complexity index is 366. The summed E-state index contributed by atoms with van der Waals surface area (Å²) >= 11 is 0. The molecule has 0 spiro atoms. The third kappa shape index (κ3) is 28.2. The SMILES string of the molecule is C=CC(=O)O.COS(=O)(=O)OC.O=C1CCCN1.[CH-]=C.[Na+]. The molecular formula is C11H20NNaO7S. The van der Waals surface area contributed by atoms with Crippen LogP contribution in [0.1, 0.15) is 12.8 Å². The number of hydrogen-bond donors (Lipinski definition) is 2. The number of carboxylic acid groups (broad SMARTS) is 1. The van der Waals surface area contributed by atoms with Crippen molar-refractivity contribution in [2.24, 2.45) is 0 Å². The normalized spacial score (nSPS) is 11.6. The molecule has 2 N–H and O–H groups in total. The molecule has 0 aliphatic carbocycles. The van der Waals surface area contributed by atoms with Crippen molar-refractivity contribution in [2.45, 2.75) is 12.8 Å². The van der Waals surface area contributed by atoms with Gasteiger partial charge in [-0.2, -0.15) is 8.42 Å². The summed E-state index contributed by atoms with van der Waals surface area (Å²) in [5, 5.41) is 10.3. The van der Waals surface area contributed by atoms with Gasteiger partial charge < -0.3 is 17.0 Å². The van der Waals surface area contributed by atoms with Crippen LogP contribution in [-0.2, 0) is 28.4 Å². The number of carboxylic acids is 1. The predicted octanol–water partition coefficient (Wildman–Crippen LogP) is -2.71. The van der Waals surface area contributed by atoms with Gasteiger partial charge in [-0.25, -0.2) is 4.79 Å². The van der Waals surface area contributed by atoms with Gasteiger partial charge in [0.05, 0.1) is 14.2 Å². The van der Waals surface area contributed by atoms with E-state index in [1.54, 1.807) is 0 Å². The van der Waals surface area contributed by atoms with Crippen LogP contribution in [-0.4, -0.2) is 46.2 Å². The summed E-state index contributed by atoms with van der Waals surface area (Å²) in [6.45, 7) is 10.8. The molecule has 8 nitrogen and oxygen atoms in total. The van der Waals surface area contributed by atoms with Crippen LogP contribution >= 0.6 is 0 Å². The molecule has 1 aliphatic rings. The molecule has 118 valence electrons. The average Bonchev–Trinajstić information content (AvgIpc) is 2.93. The Morgan fingerprint density at radius 2 is 1.76 bits per heavy atom. The van der Waals surface area contributed by atoms with Gasteiger partial charge in [-0.05, 0) is 6.42 Å². The van der Waals surface area contributed by atoms with E-state index in [0.29, 0.717) is 0 Å². The quantitative estimate of drug-likeness (QED) is 0.327. The molecule has 1 fully saturated rings. The van der Waals surface area contributed by atoms with Crippen molar-refractivity contribution in [3.63, 3.8) is 0 Å². The summed E-state index contributed by atoms with van der Waals surface area (Å²) in [6, 6.07) is 0. The van der Waals surface area contributed by atoms with E-state index in [1.807, 2.05) is 0 Å². The summed E-state index contributed by atoms with van der Waals surface area (Å²) in [4.78, 5) is 19.4. The molecule has 0 radical (unpaired) electrons. The molecule has 1 heterocycles. The summed E-state index contributed by atoms with van der Waals surface area (Å²) in [5.41, 5.74) is 0. The van der Waals surface area contributed by atoms with Crippen molar-refractivity contribution >= 4 is 22.3 Å². The number of rotatable bonds is 3. The van der Waals surface area contributed by atoms with Crippen LogP contribution < -0.4 is 34.9 Å². The topological polar surface area (TPSA) is 119 Å². The van der Waals surface area contributed by atoms with Gasteiger partial charge in [0, 0.05) is 19.0 Å². The van der Waals surface area contributed by atoms with Crippen molar-refractivity contribution in [1.29, 1.82) is 0 Å². The third-order valence-corrected chi connectivity index (χ3v) is 2.30. The van der Waals surface area contributed by atoms with Gasteiger partial charge in [0.15, 0.2) is 0 Å². The van der Waals surface area contributed by atoms with Gasteiger partial charge in [0.25, 0.3) is 0 Å². The van der Waals surface area contributed by atoms with Crippen LogP contribution in [0.15, 0.2) is 19.2 Å². The van der Waals surface area contributed by atoms with Crippen LogP contribution in [0.2, 0.25) is 0 Å². The van der Waals surface area contributed by atoms with E-state index in [0.717, 1.165) is 39.7 Å². The minimum absolute atomic E-state index is 0. The number of nitrogens with one attached hydrogen (secondary N) is 1. The monoisotopic (exact) mass is 333 g/mol. The van der Waals surface area contributed by atoms with Gasteiger partial charge in [-0.1, -0.05) is 6.58 Å². The molecule has 0 unspecified atom stereocenters. The summed E-state index contributed by atoms with van der Waals surface area (Å²) in [6.07, 6.45) is 2.60. The molecule has 0 aromatic heterocycles. The Labute approximate surface area is 147 Å². The Morgan fingerprint density at radius 1 is 1.38 bits per heavy atom. The van der Waals surface area contributed by atoms with E-state index in [1.165, 1.54) is 0 Å². The van der Waals surface area contributed by atoms with Crippen molar-refractivity contribution < 1.29 is 61.0 Å². The Kier molecular flexibility index (Phi) is 26.1. The molecule has 0 bridgehead atoms. The number of carbonyl (C=O) groups is 2. The standard InChI is InChI=1S/C4H7NO.C3H4O2.C2H6O4S.C2H3.Na/c6-4-2-1-3-5-4;1-2-3(4)5;1-5-7(3,4)6-2;1-2;/h1-3H2,(H,5,6);2H,1H2,(H,4,5);1-2H3;1H,2H2;/q;;;-1;+1. The minimum atomic E-state index is -3.66. The maximum atomic E-state index is 10.1. The molecular weight excluding hydrogens is 313 g/mol. The van der Waals surface area contributed by atoms with E-state index in [2.05, 4.69) is 33.4 Å². The van der Waals surface area contributed by atoms with Crippen molar-refractivity contribution in [1.82, 2.24) is 5.32 Å². The fraction of sp³-hybridized carbons (Fsp3) is 0.455. The fourth-order valence-electron chi connectivity index (χ4n) is 0.633. The molecule has 21 heavy (non-hydrogen) atoms. The maximum absolute atomic E-state index is 10.1. The molecule has 10 heteroatoms. The second-order valence-electron chi connectivity index (χ2n) is 2.74. The van der Waals surface area contributed by atoms with Crippen LogP contribution in [0.25, 0.3) is 0 Å². The second kappa shape index (κ2) is 19.3. The summed E-state index contributed by atoms with van der Waals surface area (Å²) < 4.78 is 27.5. The van der Waals surface area contributed by atoms with Crippen molar-refractivity contribution in [3.8, 4) is 0 Å². The molecule has 0 saturated carbocycles. The van der Waals surface area contributed by atoms with E-state index in [-0.39, 0.29) is 35.5 Å². The molecule has 1 amide bonds. The zero-order valence-corrected chi connectivity index (χ0v) is 15.3. The fourth-order valence-corrected chi connectivity index (χ4v) is 0.769. The second-order valence-corrected chi connectivity index (χ2v) is 4.22. The van der Waals surface area contributed by atoms with E-state index in [9.17, 15) is 18.0 Å². The molecule has 1 rings (SSSR count). The first-order valence-corrected chi connectivity index (χ1v) is 6.51. The number of hydrogen-bond acceptors (Lipinski definition) is 6. The zero-order chi connectivity index (χ0) is 16.6. The summed E-state index contributed by atoms with van der Waals surface area (Å²) in [5.74, 6) is -0.778. The predicted molar refractivity (Wildman–Crippen MR) is 72.9 cm³/mol. The van der Waals surface area contributed by atoms with Crippen molar-refractivity contribution in [3.05, 3.63) is 25.8 Å². The van der Waals surface area contributed by atoms with E-state index in [4.69, 9.17) is 5.11 Å². The first-order valence-electron chi connectivity index (χ1n) is 5.18. The molecule has 1 saturated heterocycles. The molecule has 0 aromatic rings. The number of carbonyl (C=O) groups excluding carboxylic acids is 1. The van der Waals surface area contributed by atoms with Gasteiger partial charge in [-0.15, -0.1) is 0 Å². The number of aliphatic carboxylic acids is 1. The summed E-state index contributed by atoms with van der Waals surface area (Å²) in [7, 11) is -1.60. The van der Waals surface area contributed by atoms with Gasteiger partial charge in [0.2, 0.25) is 5.91 Å². The maximum Gasteiger partial charge on any atom is 1.00 e.